The average Bonchev–Trinajstić information content (AvgIpc) is 3.10. The Hall–Kier alpha value is -1.45. The summed E-state index contributed by atoms with van der Waals surface area (Å²) in [6, 6.07) is 4.11. The van der Waals surface area contributed by atoms with Crippen LogP contribution in [0.3, 0.4) is 0 Å². The Kier molecular flexibility index (Phi) is 6.70. The number of halogens is 2. The van der Waals surface area contributed by atoms with Crippen molar-refractivity contribution in [2.45, 2.75) is 71.5 Å². The molecule has 1 aromatic carbocycles. The lowest BCUT2D eigenvalue weighted by Gasteiger charge is -2.64. The maximum atomic E-state index is 14.0. The van der Waals surface area contributed by atoms with Crippen molar-refractivity contribution in [2.75, 3.05) is 6.54 Å². The molecule has 2 N–H and O–H groups in total. The first-order valence-electron chi connectivity index (χ1n) is 11.8. The Morgan fingerprint density at radius 3 is 2.67 bits per heavy atom. The highest BCUT2D eigenvalue weighted by molar-refractivity contribution is 9.10. The molecule has 4 fully saturated rings. The van der Waals surface area contributed by atoms with Crippen LogP contribution in [0.4, 0.5) is 4.39 Å². The van der Waals surface area contributed by atoms with Gasteiger partial charge in [-0.2, -0.15) is 0 Å². The van der Waals surface area contributed by atoms with Gasteiger partial charge in [-0.05, 0) is 67.6 Å². The number of nitrogens with one attached hydrogen (secondary N) is 2. The first kappa shape index (κ1) is 24.7. The van der Waals surface area contributed by atoms with Gasteiger partial charge in [-0.3, -0.25) is 9.59 Å². The van der Waals surface area contributed by atoms with Crippen LogP contribution in [-0.2, 0) is 14.1 Å². The molecule has 3 aliphatic carbocycles. The minimum atomic E-state index is -0.640. The van der Waals surface area contributed by atoms with Crippen LogP contribution in [-0.4, -0.2) is 43.1 Å². The minimum Gasteiger partial charge on any atom is -0.404 e. The number of rotatable bonds is 7. The van der Waals surface area contributed by atoms with Gasteiger partial charge in [0.2, 0.25) is 5.91 Å². The van der Waals surface area contributed by atoms with Crippen molar-refractivity contribution >= 4 is 34.9 Å². The Balaban J connectivity index is 1.39. The molecule has 9 heteroatoms. The summed E-state index contributed by atoms with van der Waals surface area (Å²) in [6.07, 6.45) is 2.86. The highest BCUT2D eigenvalue weighted by atomic mass is 79.9. The normalized spacial score (nSPS) is 30.4. The summed E-state index contributed by atoms with van der Waals surface area (Å²) in [5.41, 5.74) is -0.223. The highest BCUT2D eigenvalue weighted by Gasteiger charge is 2.68. The SMILES string of the molecule is CC(C)C[C@H](NC(=O)CNC(=O)c1cc(Br)ccc1F)B1O[C@@H]2C[C@@H]3C[C@@H](C3(C)C)[C@]2(C)O1. The van der Waals surface area contributed by atoms with Crippen molar-refractivity contribution in [1.29, 1.82) is 0 Å². The van der Waals surface area contributed by atoms with Gasteiger partial charge in [0.05, 0.1) is 29.8 Å². The quantitative estimate of drug-likeness (QED) is 0.528. The van der Waals surface area contributed by atoms with Gasteiger partial charge in [0.1, 0.15) is 5.82 Å². The molecule has 1 aromatic rings. The van der Waals surface area contributed by atoms with Crippen LogP contribution >= 0.6 is 15.9 Å². The van der Waals surface area contributed by atoms with Crippen LogP contribution in [0, 0.1) is 29.0 Å². The predicted molar refractivity (Wildman–Crippen MR) is 128 cm³/mol. The molecular weight excluding hydrogens is 490 g/mol. The molecule has 0 radical (unpaired) electrons. The fourth-order valence-electron chi connectivity index (χ4n) is 6.00. The molecule has 2 amide bonds. The molecule has 0 unspecified atom stereocenters. The summed E-state index contributed by atoms with van der Waals surface area (Å²) in [5.74, 6) is -0.574. The van der Waals surface area contributed by atoms with Crippen LogP contribution in [0.1, 0.15) is 64.2 Å². The molecule has 6 nitrogen and oxygen atoms in total. The number of hydrogen-bond acceptors (Lipinski definition) is 4. The molecule has 5 atom stereocenters. The van der Waals surface area contributed by atoms with E-state index in [1.54, 1.807) is 0 Å². The topological polar surface area (TPSA) is 76.7 Å². The van der Waals surface area contributed by atoms with E-state index >= 15 is 0 Å². The molecule has 33 heavy (non-hydrogen) atoms. The van der Waals surface area contributed by atoms with Crippen LogP contribution in [0.25, 0.3) is 0 Å². The molecule has 2 bridgehead atoms. The monoisotopic (exact) mass is 522 g/mol. The second-order valence-corrected chi connectivity index (χ2v) is 11.9. The van der Waals surface area contributed by atoms with Crippen molar-refractivity contribution in [3.63, 3.8) is 0 Å². The van der Waals surface area contributed by atoms with E-state index in [2.05, 4.69) is 61.2 Å². The fraction of sp³-hybridized carbons (Fsp3) is 0.667. The number of carbonyl (C=O) groups excluding carboxylic acids is 2. The van der Waals surface area contributed by atoms with Crippen LogP contribution in [0.5, 0.6) is 0 Å². The number of amides is 2. The summed E-state index contributed by atoms with van der Waals surface area (Å²) in [5, 5.41) is 5.50. The Bertz CT molecular complexity index is 945. The smallest absolute Gasteiger partial charge is 0.404 e. The lowest BCUT2D eigenvalue weighted by atomic mass is 9.43. The number of carbonyl (C=O) groups is 2. The van der Waals surface area contributed by atoms with Crippen molar-refractivity contribution in [2.24, 2.45) is 23.2 Å². The van der Waals surface area contributed by atoms with E-state index < -0.39 is 18.8 Å². The summed E-state index contributed by atoms with van der Waals surface area (Å²) < 4.78 is 27.5. The van der Waals surface area contributed by atoms with E-state index in [0.29, 0.717) is 28.6 Å². The minimum absolute atomic E-state index is 0.0324. The van der Waals surface area contributed by atoms with Gasteiger partial charge in [0.25, 0.3) is 5.91 Å². The summed E-state index contributed by atoms with van der Waals surface area (Å²) in [4.78, 5) is 25.1. The van der Waals surface area contributed by atoms with Crippen LogP contribution in [0.2, 0.25) is 0 Å². The average molecular weight is 523 g/mol. The van der Waals surface area contributed by atoms with Gasteiger partial charge in [-0.25, -0.2) is 4.39 Å². The zero-order valence-corrected chi connectivity index (χ0v) is 21.5. The van der Waals surface area contributed by atoms with Gasteiger partial charge < -0.3 is 19.9 Å². The summed E-state index contributed by atoms with van der Waals surface area (Å²) in [7, 11) is -0.528. The zero-order valence-electron chi connectivity index (χ0n) is 19.9. The van der Waals surface area contributed by atoms with Gasteiger partial charge in [-0.1, -0.05) is 43.6 Å². The lowest BCUT2D eigenvalue weighted by Crippen LogP contribution is -2.65. The van der Waals surface area contributed by atoms with E-state index in [9.17, 15) is 14.0 Å². The van der Waals surface area contributed by atoms with Gasteiger partial charge >= 0.3 is 7.12 Å². The second-order valence-electron chi connectivity index (χ2n) is 10.9. The molecule has 0 aromatic heterocycles. The van der Waals surface area contributed by atoms with Gasteiger partial charge in [-0.15, -0.1) is 0 Å². The Morgan fingerprint density at radius 1 is 1.27 bits per heavy atom. The van der Waals surface area contributed by atoms with Crippen molar-refractivity contribution in [3.8, 4) is 0 Å². The van der Waals surface area contributed by atoms with Crippen molar-refractivity contribution < 1.29 is 23.3 Å². The van der Waals surface area contributed by atoms with E-state index in [1.807, 2.05) is 0 Å². The third-order valence-corrected chi connectivity index (χ3v) is 8.44. The second kappa shape index (κ2) is 8.97. The maximum absolute atomic E-state index is 14.0. The molecule has 180 valence electrons. The van der Waals surface area contributed by atoms with Crippen LogP contribution < -0.4 is 10.6 Å². The highest BCUT2D eigenvalue weighted by Crippen LogP contribution is 2.65. The standard InChI is InChI=1S/C24H33BBrFN2O4/c1-13(2)8-20(25-32-19-10-14-9-18(23(14,3)4)24(19,5)33-25)29-21(30)12-28-22(31)16-11-15(26)6-7-17(16)27/h6-7,11,13-14,18-20H,8-10,12H2,1-5H3,(H,28,31)(H,29,30)/t14-,18-,19+,20-,24-/m0/s1. The molecular formula is C24H33BBrFN2O4. The predicted octanol–water partition coefficient (Wildman–Crippen LogP) is 4.12. The molecule has 4 aliphatic rings. The van der Waals surface area contributed by atoms with E-state index in [0.717, 1.165) is 12.8 Å². The number of benzene rings is 1. The number of hydrogen-bond donors (Lipinski definition) is 2. The molecule has 1 aliphatic heterocycles. The third-order valence-electron chi connectivity index (χ3n) is 7.95. The lowest BCUT2D eigenvalue weighted by molar-refractivity contribution is -0.199. The molecule has 1 saturated heterocycles. The zero-order chi connectivity index (χ0) is 24.1. The summed E-state index contributed by atoms with van der Waals surface area (Å²) >= 11 is 3.23. The summed E-state index contributed by atoms with van der Waals surface area (Å²) in [6.45, 7) is 10.7. The molecule has 5 rings (SSSR count). The van der Waals surface area contributed by atoms with Gasteiger partial charge in [0.15, 0.2) is 0 Å². The van der Waals surface area contributed by atoms with Crippen molar-refractivity contribution in [3.05, 3.63) is 34.1 Å². The molecule has 3 saturated carbocycles. The third kappa shape index (κ3) is 4.60. The molecule has 0 spiro atoms. The van der Waals surface area contributed by atoms with E-state index in [4.69, 9.17) is 9.31 Å². The first-order valence-corrected chi connectivity index (χ1v) is 12.6. The maximum Gasteiger partial charge on any atom is 0.481 e. The largest absolute Gasteiger partial charge is 0.481 e. The Labute approximate surface area is 204 Å². The van der Waals surface area contributed by atoms with Gasteiger partial charge in [0, 0.05) is 4.47 Å². The van der Waals surface area contributed by atoms with E-state index in [-0.39, 0.29) is 41.1 Å². The van der Waals surface area contributed by atoms with Crippen LogP contribution in [0.15, 0.2) is 22.7 Å². The van der Waals surface area contributed by atoms with Crippen molar-refractivity contribution in [1.82, 2.24) is 10.6 Å². The molecule has 1 heterocycles. The Morgan fingerprint density at radius 2 is 2.00 bits per heavy atom. The first-order chi connectivity index (χ1) is 15.4. The fourth-order valence-corrected chi connectivity index (χ4v) is 6.36. The van der Waals surface area contributed by atoms with E-state index in [1.165, 1.54) is 18.2 Å².